The number of anilines is 1. The molecule has 0 radical (unpaired) electrons. The SMILES string of the molecule is CN(C)CCn1nc2c3c(c(NCCO[Si](c4ccccc4)(c4ccccc4)C(C)(C)C)ccc31)C(=O)c1ccncc1-2. The second-order valence-corrected chi connectivity index (χ2v) is 16.8. The van der Waals surface area contributed by atoms with Crippen molar-refractivity contribution in [2.45, 2.75) is 32.4 Å². The number of carbonyl (C=O) groups is 1. The molecule has 0 atom stereocenters. The molecule has 0 fully saturated rings. The highest BCUT2D eigenvalue weighted by molar-refractivity contribution is 6.99. The Morgan fingerprint density at radius 2 is 1.58 bits per heavy atom. The van der Waals surface area contributed by atoms with Crippen LogP contribution in [0, 0.1) is 0 Å². The van der Waals surface area contributed by atoms with Crippen molar-refractivity contribution in [3.8, 4) is 11.3 Å². The zero-order chi connectivity index (χ0) is 30.2. The smallest absolute Gasteiger partial charge is 0.261 e. The van der Waals surface area contributed by atoms with Crippen LogP contribution in [0.3, 0.4) is 0 Å². The lowest BCUT2D eigenvalue weighted by molar-refractivity contribution is 0.104. The summed E-state index contributed by atoms with van der Waals surface area (Å²) in [7, 11) is 1.44. The quantitative estimate of drug-likeness (QED) is 0.175. The average Bonchev–Trinajstić information content (AvgIpc) is 3.38. The van der Waals surface area contributed by atoms with Crippen LogP contribution in [0.25, 0.3) is 22.2 Å². The Kier molecular flexibility index (Phi) is 7.77. The van der Waals surface area contributed by atoms with Gasteiger partial charge < -0.3 is 14.6 Å². The fraction of sp³-hybridized carbons (Fsp3) is 0.286. The number of rotatable bonds is 10. The first kappa shape index (κ1) is 29.0. The lowest BCUT2D eigenvalue weighted by atomic mass is 9.87. The van der Waals surface area contributed by atoms with Crippen molar-refractivity contribution in [3.63, 3.8) is 0 Å². The Morgan fingerprint density at radius 3 is 2.21 bits per heavy atom. The van der Waals surface area contributed by atoms with Gasteiger partial charge >= 0.3 is 0 Å². The van der Waals surface area contributed by atoms with Gasteiger partial charge in [0, 0.05) is 47.7 Å². The molecule has 1 N–H and O–H groups in total. The molecular weight excluding hydrogens is 551 g/mol. The average molecular weight is 590 g/mol. The normalized spacial score (nSPS) is 13.0. The van der Waals surface area contributed by atoms with Crippen molar-refractivity contribution >= 4 is 41.1 Å². The van der Waals surface area contributed by atoms with Gasteiger partial charge in [-0.15, -0.1) is 0 Å². The molecule has 0 bridgehead atoms. The summed E-state index contributed by atoms with van der Waals surface area (Å²) in [5, 5.41) is 11.8. The summed E-state index contributed by atoms with van der Waals surface area (Å²) < 4.78 is 9.10. The summed E-state index contributed by atoms with van der Waals surface area (Å²) in [6, 6.07) is 27.2. The van der Waals surface area contributed by atoms with E-state index in [1.54, 1.807) is 18.5 Å². The second kappa shape index (κ2) is 11.5. The van der Waals surface area contributed by atoms with Crippen LogP contribution in [0.2, 0.25) is 5.04 Å². The molecular formula is C35H39N5O2Si. The van der Waals surface area contributed by atoms with Gasteiger partial charge in [-0.05, 0) is 47.7 Å². The number of hydrogen-bond acceptors (Lipinski definition) is 6. The molecule has 0 unspecified atom stereocenters. The van der Waals surface area contributed by atoms with Gasteiger partial charge in [0.25, 0.3) is 8.32 Å². The molecule has 0 saturated heterocycles. The number of benzene rings is 3. The van der Waals surface area contributed by atoms with Crippen molar-refractivity contribution in [1.82, 2.24) is 19.7 Å². The van der Waals surface area contributed by atoms with Crippen LogP contribution in [-0.4, -0.2) is 67.6 Å². The number of fused-ring (bicyclic) bond motifs is 2. The van der Waals surface area contributed by atoms with Gasteiger partial charge in [-0.2, -0.15) is 5.10 Å². The first-order chi connectivity index (χ1) is 20.7. The maximum atomic E-state index is 13.9. The third-order valence-corrected chi connectivity index (χ3v) is 13.4. The summed E-state index contributed by atoms with van der Waals surface area (Å²) in [4.78, 5) is 20.4. The van der Waals surface area contributed by atoms with E-state index in [4.69, 9.17) is 9.52 Å². The zero-order valence-electron chi connectivity index (χ0n) is 25.6. The molecule has 2 heterocycles. The summed E-state index contributed by atoms with van der Waals surface area (Å²) in [5.74, 6) is -0.00179. The first-order valence-electron chi connectivity index (χ1n) is 14.9. The monoisotopic (exact) mass is 589 g/mol. The Hall–Kier alpha value is -4.11. The van der Waals surface area contributed by atoms with Gasteiger partial charge in [-0.1, -0.05) is 81.4 Å². The van der Waals surface area contributed by atoms with E-state index in [0.29, 0.717) is 24.3 Å². The lowest BCUT2D eigenvalue weighted by Gasteiger charge is -2.43. The van der Waals surface area contributed by atoms with Gasteiger partial charge in [0.2, 0.25) is 0 Å². The minimum Gasteiger partial charge on any atom is -0.406 e. The van der Waals surface area contributed by atoms with Crippen molar-refractivity contribution < 1.29 is 9.22 Å². The predicted octanol–water partition coefficient (Wildman–Crippen LogP) is 5.19. The molecule has 0 aliphatic heterocycles. The number of nitrogens with one attached hydrogen (secondary N) is 1. The topological polar surface area (TPSA) is 72.3 Å². The standard InChI is InChI=1S/C35H39N5O2Si/c1-35(2,3)43(25-12-8-6-9-13-25,26-14-10-7-11-15-26)42-23-20-37-29-16-17-30-32-31(29)34(41)27-18-19-36-24-28(27)33(32)38-40(30)22-21-39(4)5/h6-19,24,37H,20-23H2,1-5H3. The van der Waals surface area contributed by atoms with Crippen molar-refractivity contribution in [2.24, 2.45) is 0 Å². The largest absolute Gasteiger partial charge is 0.406 e. The van der Waals surface area contributed by atoms with Crippen LogP contribution in [0.4, 0.5) is 5.69 Å². The van der Waals surface area contributed by atoms with Crippen LogP contribution >= 0.6 is 0 Å². The molecule has 2 aromatic heterocycles. The first-order valence-corrected chi connectivity index (χ1v) is 16.8. The van der Waals surface area contributed by atoms with Gasteiger partial charge in [-0.25, -0.2) is 0 Å². The van der Waals surface area contributed by atoms with Gasteiger partial charge in [0.05, 0.1) is 24.2 Å². The fourth-order valence-electron chi connectivity index (χ4n) is 6.38. The molecule has 220 valence electrons. The molecule has 7 nitrogen and oxygen atoms in total. The molecule has 1 aliphatic carbocycles. The Labute approximate surface area is 254 Å². The highest BCUT2D eigenvalue weighted by Crippen LogP contribution is 2.42. The Morgan fingerprint density at radius 1 is 0.907 bits per heavy atom. The van der Waals surface area contributed by atoms with E-state index in [0.717, 1.165) is 40.9 Å². The van der Waals surface area contributed by atoms with Crippen molar-refractivity contribution in [2.75, 3.05) is 39.1 Å². The van der Waals surface area contributed by atoms with Crippen LogP contribution < -0.4 is 15.7 Å². The van der Waals surface area contributed by atoms with Gasteiger partial charge in [0.15, 0.2) is 5.78 Å². The summed E-state index contributed by atoms with van der Waals surface area (Å²) in [6.07, 6.45) is 3.43. The lowest BCUT2D eigenvalue weighted by Crippen LogP contribution is -2.66. The van der Waals surface area contributed by atoms with E-state index in [1.165, 1.54) is 10.4 Å². The summed E-state index contributed by atoms with van der Waals surface area (Å²) in [6.45, 7) is 9.48. The van der Waals surface area contributed by atoms with E-state index in [1.807, 2.05) is 10.7 Å². The third-order valence-electron chi connectivity index (χ3n) is 8.38. The molecule has 0 spiro atoms. The van der Waals surface area contributed by atoms with Crippen LogP contribution in [-0.2, 0) is 11.0 Å². The van der Waals surface area contributed by atoms with Gasteiger partial charge in [0.1, 0.15) is 5.69 Å². The second-order valence-electron chi connectivity index (χ2n) is 12.4. The van der Waals surface area contributed by atoms with E-state index < -0.39 is 8.32 Å². The van der Waals surface area contributed by atoms with E-state index >= 15 is 0 Å². The van der Waals surface area contributed by atoms with E-state index in [9.17, 15) is 4.79 Å². The van der Waals surface area contributed by atoms with Gasteiger partial charge in [-0.3, -0.25) is 14.5 Å². The summed E-state index contributed by atoms with van der Waals surface area (Å²) in [5.41, 5.74) is 4.69. The number of aromatic nitrogens is 3. The minimum absolute atomic E-state index is 0.00179. The molecule has 0 saturated carbocycles. The predicted molar refractivity (Wildman–Crippen MR) is 177 cm³/mol. The Bertz CT molecular complexity index is 1720. The zero-order valence-corrected chi connectivity index (χ0v) is 26.6. The highest BCUT2D eigenvalue weighted by Gasteiger charge is 2.50. The number of carbonyl (C=O) groups excluding carboxylic acids is 1. The number of nitrogens with zero attached hydrogens (tertiary/aromatic N) is 4. The molecule has 43 heavy (non-hydrogen) atoms. The number of hydrogen-bond donors (Lipinski definition) is 1. The number of pyridine rings is 1. The molecule has 5 aromatic rings. The fourth-order valence-corrected chi connectivity index (χ4v) is 10.9. The molecule has 8 heteroatoms. The van der Waals surface area contributed by atoms with Crippen LogP contribution in [0.1, 0.15) is 36.7 Å². The van der Waals surface area contributed by atoms with E-state index in [-0.39, 0.29) is 10.8 Å². The van der Waals surface area contributed by atoms with Crippen LogP contribution in [0.15, 0.2) is 91.3 Å². The Balaban J connectivity index is 1.34. The molecule has 6 rings (SSSR count). The number of likely N-dealkylation sites (N-methyl/N-ethyl adjacent to an activating group) is 1. The highest BCUT2D eigenvalue weighted by atomic mass is 28.4. The molecule has 0 amide bonds. The summed E-state index contributed by atoms with van der Waals surface area (Å²) >= 11 is 0. The minimum atomic E-state index is -2.66. The number of ketones is 1. The van der Waals surface area contributed by atoms with Crippen molar-refractivity contribution in [3.05, 3.63) is 102 Å². The third kappa shape index (κ3) is 5.09. The maximum absolute atomic E-state index is 13.9. The molecule has 1 aliphatic rings. The van der Waals surface area contributed by atoms with Crippen LogP contribution in [0.5, 0.6) is 0 Å². The van der Waals surface area contributed by atoms with E-state index in [2.05, 4.69) is 117 Å². The maximum Gasteiger partial charge on any atom is 0.261 e. The van der Waals surface area contributed by atoms with Crippen molar-refractivity contribution in [1.29, 1.82) is 0 Å². The molecule has 3 aromatic carbocycles.